The molecule has 3 aromatic rings. The normalized spacial score (nSPS) is 12.0. The van der Waals surface area contributed by atoms with Crippen LogP contribution < -0.4 is 0 Å². The van der Waals surface area contributed by atoms with Crippen LogP contribution in [-0.2, 0) is 13.0 Å². The fraction of sp³-hybridized carbons (Fsp3) is 0.267. The van der Waals surface area contributed by atoms with Gasteiger partial charge in [0.2, 0.25) is 5.89 Å². The van der Waals surface area contributed by atoms with E-state index in [1.165, 1.54) is 23.7 Å². The quantitative estimate of drug-likeness (QED) is 0.641. The molecule has 0 aliphatic heterocycles. The Bertz CT molecular complexity index is 790. The molecule has 0 fully saturated rings. The fourth-order valence-corrected chi connectivity index (χ4v) is 2.78. The molecule has 0 bridgehead atoms. The van der Waals surface area contributed by atoms with Gasteiger partial charge in [0.15, 0.2) is 0 Å². The summed E-state index contributed by atoms with van der Waals surface area (Å²) in [7, 11) is 0. The molecule has 2 aromatic heterocycles. The molecule has 0 aliphatic rings. The lowest BCUT2D eigenvalue weighted by atomic mass is 10.1. The molecule has 0 amide bonds. The minimum absolute atomic E-state index is 0.280. The topological polar surface area (TPSA) is 93.4 Å². The van der Waals surface area contributed by atoms with Crippen LogP contribution in [0.25, 0.3) is 0 Å². The Morgan fingerprint density at radius 3 is 2.83 bits per heavy atom. The maximum absolute atomic E-state index is 9.33. The molecule has 0 N–H and O–H groups in total. The van der Waals surface area contributed by atoms with Gasteiger partial charge in [-0.15, -0.1) is 10.2 Å². The SMILES string of the molecule is Cc1ccc(C[C@@H](C#N)Sc2nnc(Cn3cncn3)o2)cc1. The van der Waals surface area contributed by atoms with Gasteiger partial charge >= 0.3 is 0 Å². The molecule has 7 nitrogen and oxygen atoms in total. The van der Waals surface area contributed by atoms with Crippen LogP contribution in [0.4, 0.5) is 0 Å². The maximum atomic E-state index is 9.33. The number of rotatable bonds is 6. The Labute approximate surface area is 137 Å². The van der Waals surface area contributed by atoms with Gasteiger partial charge in [-0.1, -0.05) is 29.8 Å². The number of nitriles is 1. The third-order valence-electron chi connectivity index (χ3n) is 3.14. The molecule has 23 heavy (non-hydrogen) atoms. The lowest BCUT2D eigenvalue weighted by molar-refractivity contribution is 0.397. The zero-order chi connectivity index (χ0) is 16.1. The first-order valence-corrected chi connectivity index (χ1v) is 7.87. The first-order valence-electron chi connectivity index (χ1n) is 6.99. The van der Waals surface area contributed by atoms with Gasteiger partial charge in [-0.25, -0.2) is 9.67 Å². The van der Waals surface area contributed by atoms with E-state index in [9.17, 15) is 5.26 Å². The molecular formula is C15H14N6OS. The minimum Gasteiger partial charge on any atom is -0.414 e. The van der Waals surface area contributed by atoms with Crippen molar-refractivity contribution >= 4 is 11.8 Å². The Hall–Kier alpha value is -2.66. The summed E-state index contributed by atoms with van der Waals surface area (Å²) in [4.78, 5) is 3.85. The summed E-state index contributed by atoms with van der Waals surface area (Å²) in [5.41, 5.74) is 2.31. The van der Waals surface area contributed by atoms with Crippen molar-refractivity contribution in [3.05, 3.63) is 53.9 Å². The summed E-state index contributed by atoms with van der Waals surface area (Å²) >= 11 is 1.27. The first kappa shape index (κ1) is 15.2. The molecule has 0 saturated heterocycles. The van der Waals surface area contributed by atoms with E-state index in [0.29, 0.717) is 24.1 Å². The third kappa shape index (κ3) is 4.17. The van der Waals surface area contributed by atoms with Crippen LogP contribution in [-0.4, -0.2) is 30.2 Å². The molecular weight excluding hydrogens is 312 g/mol. The van der Waals surface area contributed by atoms with Gasteiger partial charge in [-0.3, -0.25) is 0 Å². The summed E-state index contributed by atoms with van der Waals surface area (Å²) in [5.74, 6) is 0.435. The highest BCUT2D eigenvalue weighted by Gasteiger charge is 2.16. The van der Waals surface area contributed by atoms with Gasteiger partial charge in [0.05, 0.1) is 6.07 Å². The number of nitrogens with zero attached hydrogens (tertiary/aromatic N) is 6. The maximum Gasteiger partial charge on any atom is 0.277 e. The molecule has 0 radical (unpaired) electrons. The molecule has 0 saturated carbocycles. The second-order valence-corrected chi connectivity index (χ2v) is 6.13. The van der Waals surface area contributed by atoms with E-state index < -0.39 is 0 Å². The molecule has 0 unspecified atom stereocenters. The van der Waals surface area contributed by atoms with Gasteiger partial charge in [0.25, 0.3) is 5.22 Å². The van der Waals surface area contributed by atoms with E-state index in [1.807, 2.05) is 31.2 Å². The van der Waals surface area contributed by atoms with E-state index in [2.05, 4.69) is 26.3 Å². The van der Waals surface area contributed by atoms with Crippen LogP contribution in [0.5, 0.6) is 0 Å². The lowest BCUT2D eigenvalue weighted by Gasteiger charge is -2.06. The van der Waals surface area contributed by atoms with Crippen LogP contribution in [0.2, 0.25) is 0 Å². The molecule has 1 aromatic carbocycles. The zero-order valence-corrected chi connectivity index (χ0v) is 13.3. The Balaban J connectivity index is 1.62. The molecule has 8 heteroatoms. The van der Waals surface area contributed by atoms with Crippen LogP contribution in [0.15, 0.2) is 46.6 Å². The molecule has 116 valence electrons. The number of benzene rings is 1. The summed E-state index contributed by atoms with van der Waals surface area (Å²) in [6, 6.07) is 10.4. The van der Waals surface area contributed by atoms with Crippen LogP contribution in [0.1, 0.15) is 17.0 Å². The smallest absolute Gasteiger partial charge is 0.277 e. The number of hydrogen-bond acceptors (Lipinski definition) is 7. The Morgan fingerprint density at radius 1 is 1.30 bits per heavy atom. The van der Waals surface area contributed by atoms with Gasteiger partial charge in [0.1, 0.15) is 24.4 Å². The predicted octanol–water partition coefficient (Wildman–Crippen LogP) is 2.24. The van der Waals surface area contributed by atoms with Crippen molar-refractivity contribution < 1.29 is 4.42 Å². The number of aromatic nitrogens is 5. The van der Waals surface area contributed by atoms with Crippen molar-refractivity contribution in [3.8, 4) is 6.07 Å². The molecule has 3 rings (SSSR count). The molecule has 0 spiro atoms. The third-order valence-corrected chi connectivity index (χ3v) is 4.06. The molecule has 1 atom stereocenters. The van der Waals surface area contributed by atoms with Crippen molar-refractivity contribution in [2.45, 2.75) is 30.4 Å². The highest BCUT2D eigenvalue weighted by atomic mass is 32.2. The Morgan fingerprint density at radius 2 is 2.13 bits per heavy atom. The van der Waals surface area contributed by atoms with Gasteiger partial charge in [-0.05, 0) is 30.7 Å². The Kier molecular flexibility index (Phi) is 4.68. The van der Waals surface area contributed by atoms with E-state index in [0.717, 1.165) is 5.56 Å². The van der Waals surface area contributed by atoms with E-state index in [1.54, 1.807) is 11.0 Å². The monoisotopic (exact) mass is 326 g/mol. The van der Waals surface area contributed by atoms with Crippen LogP contribution >= 0.6 is 11.8 Å². The summed E-state index contributed by atoms with van der Waals surface area (Å²) in [5, 5.41) is 21.4. The number of hydrogen-bond donors (Lipinski definition) is 0. The zero-order valence-electron chi connectivity index (χ0n) is 12.5. The van der Waals surface area contributed by atoms with Crippen molar-refractivity contribution in [1.82, 2.24) is 25.0 Å². The van der Waals surface area contributed by atoms with E-state index in [4.69, 9.17) is 4.42 Å². The predicted molar refractivity (Wildman–Crippen MR) is 83.6 cm³/mol. The average Bonchev–Trinajstić information content (AvgIpc) is 3.21. The number of thioether (sulfide) groups is 1. The summed E-state index contributed by atoms with van der Waals surface area (Å²) < 4.78 is 7.14. The van der Waals surface area contributed by atoms with Crippen molar-refractivity contribution in [1.29, 1.82) is 5.26 Å². The van der Waals surface area contributed by atoms with Gasteiger partial charge in [0, 0.05) is 0 Å². The van der Waals surface area contributed by atoms with Crippen molar-refractivity contribution in [3.63, 3.8) is 0 Å². The largest absolute Gasteiger partial charge is 0.414 e. The average molecular weight is 326 g/mol. The minimum atomic E-state index is -0.280. The summed E-state index contributed by atoms with van der Waals surface area (Å²) in [6.07, 6.45) is 3.65. The van der Waals surface area contributed by atoms with Gasteiger partial charge < -0.3 is 4.42 Å². The van der Waals surface area contributed by atoms with Crippen LogP contribution in [0.3, 0.4) is 0 Å². The van der Waals surface area contributed by atoms with Crippen molar-refractivity contribution in [2.24, 2.45) is 0 Å². The second kappa shape index (κ2) is 7.07. The highest BCUT2D eigenvalue weighted by molar-refractivity contribution is 7.99. The summed E-state index contributed by atoms with van der Waals surface area (Å²) in [6.45, 7) is 2.40. The van der Waals surface area contributed by atoms with E-state index in [-0.39, 0.29) is 5.25 Å². The molecule has 2 heterocycles. The van der Waals surface area contributed by atoms with Crippen LogP contribution in [0, 0.1) is 18.3 Å². The lowest BCUT2D eigenvalue weighted by Crippen LogP contribution is -2.03. The second-order valence-electron chi connectivity index (χ2n) is 4.98. The highest BCUT2D eigenvalue weighted by Crippen LogP contribution is 2.24. The molecule has 0 aliphatic carbocycles. The standard InChI is InChI=1S/C15H14N6OS/c1-11-2-4-12(5-3-11)6-13(7-16)23-15-20-19-14(22-15)8-21-10-17-9-18-21/h2-5,9-10,13H,6,8H2,1H3/t13-/m0/s1. The van der Waals surface area contributed by atoms with E-state index >= 15 is 0 Å². The van der Waals surface area contributed by atoms with Crippen molar-refractivity contribution in [2.75, 3.05) is 0 Å². The number of aryl methyl sites for hydroxylation is 1. The first-order chi connectivity index (χ1) is 11.2. The fourth-order valence-electron chi connectivity index (χ4n) is 1.98. The van der Waals surface area contributed by atoms with Gasteiger partial charge in [-0.2, -0.15) is 10.4 Å².